The predicted octanol–water partition coefficient (Wildman–Crippen LogP) is 5.41. The Morgan fingerprint density at radius 3 is 2.61 bits per heavy atom. The molecular weight excluding hydrogens is 306 g/mol. The van der Waals surface area contributed by atoms with Crippen molar-refractivity contribution in [1.82, 2.24) is 0 Å². The van der Waals surface area contributed by atoms with Crippen LogP contribution in [0, 0.1) is 0 Å². The highest BCUT2D eigenvalue weighted by Crippen LogP contribution is 2.31. The lowest BCUT2D eigenvalue weighted by molar-refractivity contribution is 0.0999. The Hall–Kier alpha value is -2.85. The number of anilines is 1. The maximum Gasteiger partial charge on any atom is 0.291 e. The zero-order valence-electron chi connectivity index (χ0n) is 12.2. The third kappa shape index (κ3) is 2.64. The highest BCUT2D eigenvalue weighted by Gasteiger charge is 2.14. The maximum absolute atomic E-state index is 12.5. The fraction of sp³-hybridized carbons (Fsp3) is 0. The Kier molecular flexibility index (Phi) is 3.44. The molecule has 112 valence electrons. The summed E-state index contributed by atoms with van der Waals surface area (Å²) in [5.41, 5.74) is 2.50. The van der Waals surface area contributed by atoms with Crippen molar-refractivity contribution in [3.8, 4) is 10.4 Å². The van der Waals surface area contributed by atoms with Gasteiger partial charge in [0.2, 0.25) is 0 Å². The molecule has 2 heterocycles. The molecule has 0 saturated carbocycles. The highest BCUT2D eigenvalue weighted by atomic mass is 32.1. The molecule has 2 aromatic heterocycles. The molecule has 0 atom stereocenters. The quantitative estimate of drug-likeness (QED) is 0.548. The summed E-state index contributed by atoms with van der Waals surface area (Å²) in [7, 11) is 0. The highest BCUT2D eigenvalue weighted by molar-refractivity contribution is 7.13. The number of hydrogen-bond donors (Lipinski definition) is 1. The van der Waals surface area contributed by atoms with Crippen molar-refractivity contribution >= 4 is 33.9 Å². The van der Waals surface area contributed by atoms with Crippen molar-refractivity contribution in [3.05, 3.63) is 77.9 Å². The van der Waals surface area contributed by atoms with Gasteiger partial charge in [0.05, 0.1) is 0 Å². The molecule has 23 heavy (non-hydrogen) atoms. The van der Waals surface area contributed by atoms with E-state index in [4.69, 9.17) is 4.42 Å². The predicted molar refractivity (Wildman–Crippen MR) is 93.9 cm³/mol. The summed E-state index contributed by atoms with van der Waals surface area (Å²) in [4.78, 5) is 13.6. The summed E-state index contributed by atoms with van der Waals surface area (Å²) in [6.45, 7) is 0. The first-order valence-corrected chi connectivity index (χ1v) is 8.12. The summed E-state index contributed by atoms with van der Waals surface area (Å²) in [6, 6.07) is 21.2. The van der Waals surface area contributed by atoms with Gasteiger partial charge in [0, 0.05) is 21.5 Å². The third-order valence-corrected chi connectivity index (χ3v) is 4.51. The molecule has 0 radical (unpaired) electrons. The first-order chi connectivity index (χ1) is 11.3. The molecule has 4 aromatic rings. The average Bonchev–Trinajstić information content (AvgIpc) is 3.25. The zero-order chi connectivity index (χ0) is 15.6. The van der Waals surface area contributed by atoms with E-state index < -0.39 is 0 Å². The summed E-state index contributed by atoms with van der Waals surface area (Å²) in [5, 5.41) is 5.89. The molecule has 4 heteroatoms. The molecular formula is C19H13NO2S. The van der Waals surface area contributed by atoms with Crippen LogP contribution in [0.25, 0.3) is 21.4 Å². The molecule has 0 spiro atoms. The van der Waals surface area contributed by atoms with Crippen molar-refractivity contribution in [2.75, 3.05) is 5.32 Å². The van der Waals surface area contributed by atoms with E-state index in [2.05, 4.69) is 5.32 Å². The molecule has 0 saturated heterocycles. The van der Waals surface area contributed by atoms with Crippen LogP contribution in [0.1, 0.15) is 10.6 Å². The number of hydrogen-bond acceptors (Lipinski definition) is 3. The number of amides is 1. The van der Waals surface area contributed by atoms with Gasteiger partial charge >= 0.3 is 0 Å². The van der Waals surface area contributed by atoms with Gasteiger partial charge in [-0.1, -0.05) is 42.5 Å². The Balaban J connectivity index is 1.67. The smallest absolute Gasteiger partial charge is 0.291 e. The van der Waals surface area contributed by atoms with E-state index in [1.165, 1.54) is 0 Å². The Labute approximate surface area is 137 Å². The van der Waals surface area contributed by atoms with Gasteiger partial charge in [0.15, 0.2) is 5.76 Å². The molecule has 0 aliphatic rings. The number of fused-ring (bicyclic) bond motifs is 1. The first-order valence-electron chi connectivity index (χ1n) is 7.24. The van der Waals surface area contributed by atoms with Crippen LogP contribution in [0.2, 0.25) is 0 Å². The molecule has 0 aliphatic carbocycles. The lowest BCUT2D eigenvalue weighted by atomic mass is 10.1. The minimum Gasteiger partial charge on any atom is -0.451 e. The fourth-order valence-electron chi connectivity index (χ4n) is 2.52. The van der Waals surface area contributed by atoms with Gasteiger partial charge in [-0.3, -0.25) is 4.79 Å². The van der Waals surface area contributed by atoms with Gasteiger partial charge in [0.25, 0.3) is 5.91 Å². The van der Waals surface area contributed by atoms with E-state index in [1.807, 2.05) is 66.0 Å². The second-order valence-electron chi connectivity index (χ2n) is 5.13. The van der Waals surface area contributed by atoms with Gasteiger partial charge in [-0.05, 0) is 29.6 Å². The Bertz CT molecular complexity index is 937. The van der Waals surface area contributed by atoms with Crippen LogP contribution in [0.15, 0.2) is 76.5 Å². The van der Waals surface area contributed by atoms with Crippen LogP contribution in [0.4, 0.5) is 5.69 Å². The van der Waals surface area contributed by atoms with Crippen molar-refractivity contribution in [1.29, 1.82) is 0 Å². The minimum atomic E-state index is -0.245. The van der Waals surface area contributed by atoms with Crippen LogP contribution in [0.5, 0.6) is 0 Å². The topological polar surface area (TPSA) is 42.2 Å². The van der Waals surface area contributed by atoms with E-state index in [9.17, 15) is 4.79 Å². The van der Waals surface area contributed by atoms with Crippen LogP contribution < -0.4 is 5.32 Å². The number of benzene rings is 2. The fourth-order valence-corrected chi connectivity index (χ4v) is 3.28. The number of carbonyl (C=O) groups excluding carboxylic acids is 1. The van der Waals surface area contributed by atoms with E-state index in [0.717, 1.165) is 21.5 Å². The molecule has 0 unspecified atom stereocenters. The summed E-state index contributed by atoms with van der Waals surface area (Å²) in [5.74, 6) is 0.0670. The summed E-state index contributed by atoms with van der Waals surface area (Å²) >= 11 is 1.64. The lowest BCUT2D eigenvalue weighted by Crippen LogP contribution is -2.11. The Morgan fingerprint density at radius 1 is 0.957 bits per heavy atom. The second-order valence-corrected chi connectivity index (χ2v) is 6.07. The average molecular weight is 319 g/mol. The van der Waals surface area contributed by atoms with Gasteiger partial charge in [-0.15, -0.1) is 11.3 Å². The first kappa shape index (κ1) is 13.8. The van der Waals surface area contributed by atoms with Crippen molar-refractivity contribution in [2.24, 2.45) is 0 Å². The number of para-hydroxylation sites is 2. The molecule has 1 N–H and O–H groups in total. The third-order valence-electron chi connectivity index (χ3n) is 3.61. The number of rotatable bonds is 3. The van der Waals surface area contributed by atoms with Crippen LogP contribution in [0.3, 0.4) is 0 Å². The van der Waals surface area contributed by atoms with Gasteiger partial charge in [-0.25, -0.2) is 0 Å². The van der Waals surface area contributed by atoms with Gasteiger partial charge in [-0.2, -0.15) is 0 Å². The van der Waals surface area contributed by atoms with Crippen molar-refractivity contribution < 1.29 is 9.21 Å². The summed E-state index contributed by atoms with van der Waals surface area (Å²) in [6.07, 6.45) is 0. The largest absolute Gasteiger partial charge is 0.451 e. The molecule has 2 aromatic carbocycles. The molecule has 1 amide bonds. The standard InChI is InChI=1S/C19H13NO2S/c21-19(17-12-13-6-1-4-9-16(13)22-17)20-15-8-3-2-7-14(15)18-10-5-11-23-18/h1-12H,(H,20,21). The molecule has 0 bridgehead atoms. The lowest BCUT2D eigenvalue weighted by Gasteiger charge is -2.08. The van der Waals surface area contributed by atoms with E-state index in [0.29, 0.717) is 11.3 Å². The number of furan rings is 1. The number of nitrogens with one attached hydrogen (secondary N) is 1. The minimum absolute atomic E-state index is 0.245. The van der Waals surface area contributed by atoms with Crippen LogP contribution >= 0.6 is 11.3 Å². The molecule has 0 fully saturated rings. The van der Waals surface area contributed by atoms with Gasteiger partial charge < -0.3 is 9.73 Å². The van der Waals surface area contributed by atoms with Crippen molar-refractivity contribution in [2.45, 2.75) is 0 Å². The second kappa shape index (κ2) is 5.74. The normalized spacial score (nSPS) is 10.8. The zero-order valence-corrected chi connectivity index (χ0v) is 13.0. The van der Waals surface area contributed by atoms with E-state index in [1.54, 1.807) is 17.4 Å². The monoisotopic (exact) mass is 319 g/mol. The SMILES string of the molecule is O=C(Nc1ccccc1-c1cccs1)c1cc2ccccc2o1. The van der Waals surface area contributed by atoms with Crippen molar-refractivity contribution in [3.63, 3.8) is 0 Å². The summed E-state index contributed by atoms with van der Waals surface area (Å²) < 4.78 is 5.62. The molecule has 4 rings (SSSR count). The van der Waals surface area contributed by atoms with Crippen LogP contribution in [-0.4, -0.2) is 5.91 Å². The Morgan fingerprint density at radius 2 is 1.78 bits per heavy atom. The maximum atomic E-state index is 12.5. The van der Waals surface area contributed by atoms with E-state index >= 15 is 0 Å². The number of thiophene rings is 1. The number of carbonyl (C=O) groups is 1. The molecule has 3 nitrogen and oxygen atoms in total. The van der Waals surface area contributed by atoms with Gasteiger partial charge in [0.1, 0.15) is 5.58 Å². The molecule has 0 aliphatic heterocycles. The van der Waals surface area contributed by atoms with E-state index in [-0.39, 0.29) is 5.91 Å². The van der Waals surface area contributed by atoms with Crippen LogP contribution in [-0.2, 0) is 0 Å².